The zero-order chi connectivity index (χ0) is 31.8. The van der Waals surface area contributed by atoms with Crippen LogP contribution in [0.3, 0.4) is 0 Å². The summed E-state index contributed by atoms with van der Waals surface area (Å²) >= 11 is 0. The van der Waals surface area contributed by atoms with Gasteiger partial charge in [0, 0.05) is 17.9 Å². The van der Waals surface area contributed by atoms with Gasteiger partial charge in [-0.25, -0.2) is 0 Å². The zero-order valence-electron chi connectivity index (χ0n) is 25.6. The van der Waals surface area contributed by atoms with Crippen LogP contribution in [0.5, 0.6) is 0 Å². The SMILES string of the molecule is FC(F)(F)c1ccc2c(c1)CCCN2c1ccc2c(c1)C(c1ccccc1)(c1ccccc1)c1ccc3c(ccc4ccccc43)c1-2. The smallest absolute Gasteiger partial charge is 0.341 e. The third-order valence-electron chi connectivity index (χ3n) is 10.3. The molecule has 0 bridgehead atoms. The van der Waals surface area contributed by atoms with Crippen LogP contribution in [-0.2, 0) is 18.0 Å². The second kappa shape index (κ2) is 10.3. The highest BCUT2D eigenvalue weighted by atomic mass is 19.4. The lowest BCUT2D eigenvalue weighted by atomic mass is 9.67. The fourth-order valence-electron chi connectivity index (χ4n) is 8.27. The molecule has 1 heterocycles. The highest BCUT2D eigenvalue weighted by molar-refractivity contribution is 6.14. The largest absolute Gasteiger partial charge is 0.416 e. The topological polar surface area (TPSA) is 3.24 Å². The van der Waals surface area contributed by atoms with Crippen molar-refractivity contribution in [1.29, 1.82) is 0 Å². The fraction of sp³-hybridized carbons (Fsp3) is 0.116. The first kappa shape index (κ1) is 27.9. The van der Waals surface area contributed by atoms with Gasteiger partial charge in [-0.1, -0.05) is 115 Å². The van der Waals surface area contributed by atoms with Crippen molar-refractivity contribution in [3.63, 3.8) is 0 Å². The quantitative estimate of drug-likeness (QED) is 0.178. The van der Waals surface area contributed by atoms with E-state index in [9.17, 15) is 13.2 Å². The Balaban J connectivity index is 1.35. The standard InChI is InChI=1S/C43H30F3N/c44-43(45,46)32-18-24-40-29(26-32)11-9-25-47(40)33-19-21-37-39(27-33)42(30-12-3-1-4-13-30,31-14-5-2-6-15-31)38-23-22-35-34-16-8-7-10-28(34)17-20-36(35)41(37)38/h1-8,10,12-24,26-27H,9,11,25H2. The van der Waals surface area contributed by atoms with Crippen molar-refractivity contribution in [2.24, 2.45) is 0 Å². The number of benzene rings is 7. The molecule has 0 saturated heterocycles. The minimum atomic E-state index is -4.37. The van der Waals surface area contributed by atoms with Gasteiger partial charge >= 0.3 is 6.18 Å². The lowest BCUT2D eigenvalue weighted by Gasteiger charge is -2.36. The molecule has 4 heteroatoms. The van der Waals surface area contributed by atoms with Crippen molar-refractivity contribution in [1.82, 2.24) is 0 Å². The molecule has 7 aromatic rings. The Morgan fingerprint density at radius 1 is 0.574 bits per heavy atom. The van der Waals surface area contributed by atoms with E-state index in [2.05, 4.69) is 132 Å². The number of hydrogen-bond acceptors (Lipinski definition) is 1. The van der Waals surface area contributed by atoms with E-state index in [1.807, 2.05) is 0 Å². The number of hydrogen-bond donors (Lipinski definition) is 0. The fourth-order valence-corrected chi connectivity index (χ4v) is 8.27. The highest BCUT2D eigenvalue weighted by Crippen LogP contribution is 2.59. The Hall–Kier alpha value is -5.35. The Labute approximate surface area is 271 Å². The maximum Gasteiger partial charge on any atom is 0.416 e. The minimum absolute atomic E-state index is 0.589. The van der Waals surface area contributed by atoms with Crippen LogP contribution in [0.15, 0.2) is 146 Å². The maximum absolute atomic E-state index is 13.6. The number of aryl methyl sites for hydroxylation is 1. The number of anilines is 2. The molecule has 7 aromatic carbocycles. The Morgan fingerprint density at radius 2 is 1.28 bits per heavy atom. The van der Waals surface area contributed by atoms with Crippen molar-refractivity contribution in [3.05, 3.63) is 179 Å². The van der Waals surface area contributed by atoms with Gasteiger partial charge in [0.2, 0.25) is 0 Å². The molecular formula is C43H30F3N. The van der Waals surface area contributed by atoms with E-state index in [1.165, 1.54) is 67.1 Å². The van der Waals surface area contributed by atoms with Crippen molar-refractivity contribution in [3.8, 4) is 11.1 Å². The average Bonchev–Trinajstić information content (AvgIpc) is 3.42. The second-order valence-corrected chi connectivity index (χ2v) is 12.7. The summed E-state index contributed by atoms with van der Waals surface area (Å²) in [7, 11) is 0. The van der Waals surface area contributed by atoms with Gasteiger partial charge in [0.25, 0.3) is 0 Å². The van der Waals surface area contributed by atoms with Crippen LogP contribution in [0.2, 0.25) is 0 Å². The molecule has 1 nitrogen and oxygen atoms in total. The van der Waals surface area contributed by atoms with Gasteiger partial charge in [-0.05, 0) is 104 Å². The summed E-state index contributed by atoms with van der Waals surface area (Å²) in [6.45, 7) is 0.739. The molecule has 0 saturated carbocycles. The van der Waals surface area contributed by atoms with Crippen molar-refractivity contribution < 1.29 is 13.2 Å². The minimum Gasteiger partial charge on any atom is -0.341 e. The predicted octanol–water partition coefficient (Wildman–Crippen LogP) is 11.5. The van der Waals surface area contributed by atoms with Crippen LogP contribution < -0.4 is 4.90 Å². The summed E-state index contributed by atoms with van der Waals surface area (Å²) in [6.07, 6.45) is -2.95. The Kier molecular flexibility index (Phi) is 6.14. The van der Waals surface area contributed by atoms with E-state index in [-0.39, 0.29) is 0 Å². The normalized spacial score (nSPS) is 15.0. The number of alkyl halides is 3. The van der Waals surface area contributed by atoms with Gasteiger partial charge in [0.05, 0.1) is 11.0 Å². The molecule has 9 rings (SSSR count). The third kappa shape index (κ3) is 4.10. The molecule has 0 N–H and O–H groups in total. The molecule has 1 aliphatic carbocycles. The van der Waals surface area contributed by atoms with Crippen LogP contribution in [-0.4, -0.2) is 6.54 Å². The van der Waals surface area contributed by atoms with E-state index in [4.69, 9.17) is 0 Å². The maximum atomic E-state index is 13.6. The lowest BCUT2D eigenvalue weighted by Crippen LogP contribution is -2.29. The summed E-state index contributed by atoms with van der Waals surface area (Å²) in [6, 6.07) is 49.9. The molecule has 0 spiro atoms. The molecule has 2 aliphatic rings. The van der Waals surface area contributed by atoms with Gasteiger partial charge in [-0.15, -0.1) is 0 Å². The molecule has 0 fully saturated rings. The molecule has 0 amide bonds. The van der Waals surface area contributed by atoms with Crippen LogP contribution in [0.4, 0.5) is 24.5 Å². The van der Waals surface area contributed by atoms with E-state index >= 15 is 0 Å². The molecule has 0 unspecified atom stereocenters. The number of nitrogens with zero attached hydrogens (tertiary/aromatic N) is 1. The first-order valence-corrected chi connectivity index (χ1v) is 16.1. The summed E-state index contributed by atoms with van der Waals surface area (Å²) < 4.78 is 40.9. The third-order valence-corrected chi connectivity index (χ3v) is 10.3. The number of halogens is 3. The van der Waals surface area contributed by atoms with Gasteiger partial charge in [0.15, 0.2) is 0 Å². The molecule has 0 aromatic heterocycles. The molecule has 47 heavy (non-hydrogen) atoms. The van der Waals surface area contributed by atoms with Gasteiger partial charge < -0.3 is 4.90 Å². The number of rotatable bonds is 3. The van der Waals surface area contributed by atoms with Crippen molar-refractivity contribution in [2.75, 3.05) is 11.4 Å². The molecule has 0 radical (unpaired) electrons. The Morgan fingerprint density at radius 3 is 2.02 bits per heavy atom. The average molecular weight is 618 g/mol. The van der Waals surface area contributed by atoms with Crippen LogP contribution in [0.25, 0.3) is 32.7 Å². The molecular weight excluding hydrogens is 587 g/mol. The van der Waals surface area contributed by atoms with Crippen LogP contribution in [0.1, 0.15) is 39.8 Å². The summed E-state index contributed by atoms with van der Waals surface area (Å²) in [4.78, 5) is 2.20. The Bertz CT molecular complexity index is 2280. The van der Waals surface area contributed by atoms with Gasteiger partial charge in [0.1, 0.15) is 0 Å². The second-order valence-electron chi connectivity index (χ2n) is 12.7. The zero-order valence-corrected chi connectivity index (χ0v) is 25.6. The highest BCUT2D eigenvalue weighted by Gasteiger charge is 2.47. The van der Waals surface area contributed by atoms with Gasteiger partial charge in [-0.3, -0.25) is 0 Å². The molecule has 228 valence electrons. The van der Waals surface area contributed by atoms with Gasteiger partial charge in [-0.2, -0.15) is 13.2 Å². The summed E-state index contributed by atoms with van der Waals surface area (Å²) in [5, 5.41) is 4.88. The van der Waals surface area contributed by atoms with Crippen molar-refractivity contribution in [2.45, 2.75) is 24.4 Å². The van der Waals surface area contributed by atoms with Crippen LogP contribution in [0, 0.1) is 0 Å². The molecule has 1 aliphatic heterocycles. The lowest BCUT2D eigenvalue weighted by molar-refractivity contribution is -0.137. The first-order valence-electron chi connectivity index (χ1n) is 16.1. The monoisotopic (exact) mass is 617 g/mol. The summed E-state index contributed by atoms with van der Waals surface area (Å²) in [5.74, 6) is 0. The van der Waals surface area contributed by atoms with E-state index < -0.39 is 17.2 Å². The molecule has 0 atom stereocenters. The number of fused-ring (bicyclic) bond motifs is 8. The summed E-state index contributed by atoms with van der Waals surface area (Å²) in [5.41, 5.74) is 8.58. The van der Waals surface area contributed by atoms with E-state index in [0.717, 1.165) is 29.9 Å². The van der Waals surface area contributed by atoms with Crippen molar-refractivity contribution >= 4 is 32.9 Å². The van der Waals surface area contributed by atoms with Crippen LogP contribution >= 0.6 is 0 Å². The van der Waals surface area contributed by atoms with E-state index in [0.29, 0.717) is 6.42 Å². The van der Waals surface area contributed by atoms with E-state index in [1.54, 1.807) is 6.07 Å². The predicted molar refractivity (Wildman–Crippen MR) is 186 cm³/mol. The first-order chi connectivity index (χ1) is 22.9.